The molecular weight excluding hydrogens is 580 g/mol. The van der Waals surface area contributed by atoms with Crippen LogP contribution in [0.2, 0.25) is 0 Å². The number of rotatable bonds is 9. The molecule has 4 heterocycles. The number of carbonyl (C=O) groups excluding carboxylic acids is 1. The van der Waals surface area contributed by atoms with Crippen LogP contribution < -0.4 is 16.6 Å². The fraction of sp³-hybridized carbons (Fsp3) is 0.235. The molecule has 0 bridgehead atoms. The van der Waals surface area contributed by atoms with Gasteiger partial charge in [-0.2, -0.15) is 5.10 Å². The largest absolute Gasteiger partial charge is 0.381 e. The second-order valence-electron chi connectivity index (χ2n) is 10.8. The van der Waals surface area contributed by atoms with Gasteiger partial charge in [0, 0.05) is 30.7 Å². The number of nitrogens with two attached hydrogens (primary N) is 1. The zero-order valence-corrected chi connectivity index (χ0v) is 25.9. The molecule has 232 valence electrons. The van der Waals surface area contributed by atoms with Gasteiger partial charge in [0.15, 0.2) is 11.5 Å². The first-order chi connectivity index (χ1) is 22.4. The number of nitrogen functional groups attached to an aromatic ring is 1. The third-order valence-electron chi connectivity index (χ3n) is 7.84. The summed E-state index contributed by atoms with van der Waals surface area (Å²) in [5.41, 5.74) is 8.63. The third-order valence-corrected chi connectivity index (χ3v) is 7.84. The van der Waals surface area contributed by atoms with Gasteiger partial charge in [-0.3, -0.25) is 18.8 Å². The van der Waals surface area contributed by atoms with Crippen LogP contribution in [0, 0.1) is 11.8 Å². The molecule has 6 aromatic rings. The van der Waals surface area contributed by atoms with Gasteiger partial charge in [-0.25, -0.2) is 14.5 Å². The normalized spacial score (nSPS) is 11.9. The van der Waals surface area contributed by atoms with E-state index in [0.29, 0.717) is 33.6 Å². The molecule has 0 spiro atoms. The molecule has 0 fully saturated rings. The van der Waals surface area contributed by atoms with Crippen LogP contribution in [-0.2, 0) is 6.54 Å². The zero-order chi connectivity index (χ0) is 32.2. The van der Waals surface area contributed by atoms with Crippen molar-refractivity contribution in [3.8, 4) is 17.5 Å². The standard InChI is InChI=1S/C34H34N10O2/c1-4-41(5-2)19-20-42-22-24(21-37-42)15-16-25-11-9-14-27-28(25)34(46)44(26-12-7-6-8-13-26)31(39-27)23(3)38-33(45)29-30(35)40-43-18-10-17-36-32(29)43/h6-14,17-18,21-23H,4-5,19-20H2,1-3H3,(H2,35,40)(H,38,45). The van der Waals surface area contributed by atoms with E-state index >= 15 is 0 Å². The Morgan fingerprint density at radius 1 is 1.07 bits per heavy atom. The summed E-state index contributed by atoms with van der Waals surface area (Å²) in [6.45, 7) is 9.70. The summed E-state index contributed by atoms with van der Waals surface area (Å²) in [6, 6.07) is 15.6. The fourth-order valence-corrected chi connectivity index (χ4v) is 5.40. The molecule has 0 aliphatic rings. The molecule has 2 aromatic carbocycles. The number of nitrogens with zero attached hydrogens (tertiary/aromatic N) is 8. The highest BCUT2D eigenvalue weighted by Crippen LogP contribution is 2.22. The molecule has 0 saturated heterocycles. The van der Waals surface area contributed by atoms with Gasteiger partial charge in [0.1, 0.15) is 11.4 Å². The van der Waals surface area contributed by atoms with Gasteiger partial charge in [0.05, 0.1) is 40.9 Å². The van der Waals surface area contributed by atoms with Gasteiger partial charge in [0.2, 0.25) is 0 Å². The first-order valence-corrected chi connectivity index (χ1v) is 15.2. The molecule has 1 amide bonds. The predicted octanol–water partition coefficient (Wildman–Crippen LogP) is 3.44. The Bertz CT molecular complexity index is 2150. The van der Waals surface area contributed by atoms with E-state index in [1.807, 2.05) is 53.3 Å². The summed E-state index contributed by atoms with van der Waals surface area (Å²) in [6.07, 6.45) is 6.87. The summed E-state index contributed by atoms with van der Waals surface area (Å²) >= 11 is 0. The molecule has 0 radical (unpaired) electrons. The molecule has 1 atom stereocenters. The molecule has 0 aliphatic heterocycles. The van der Waals surface area contributed by atoms with Crippen molar-refractivity contribution in [3.05, 3.63) is 112 Å². The highest BCUT2D eigenvalue weighted by Gasteiger charge is 2.25. The molecule has 46 heavy (non-hydrogen) atoms. The number of fused-ring (bicyclic) bond motifs is 2. The maximum atomic E-state index is 14.3. The highest BCUT2D eigenvalue weighted by molar-refractivity contribution is 6.04. The molecule has 0 saturated carbocycles. The molecule has 1 unspecified atom stereocenters. The van der Waals surface area contributed by atoms with Crippen molar-refractivity contribution in [1.82, 2.24) is 44.1 Å². The van der Waals surface area contributed by atoms with Crippen molar-refractivity contribution in [2.24, 2.45) is 0 Å². The van der Waals surface area contributed by atoms with Crippen molar-refractivity contribution < 1.29 is 4.79 Å². The maximum Gasteiger partial charge on any atom is 0.267 e. The Balaban J connectivity index is 1.37. The quantitative estimate of drug-likeness (QED) is 0.236. The minimum Gasteiger partial charge on any atom is -0.381 e. The van der Waals surface area contributed by atoms with Gasteiger partial charge in [-0.1, -0.05) is 50.0 Å². The average Bonchev–Trinajstić information content (AvgIpc) is 3.67. The fourth-order valence-electron chi connectivity index (χ4n) is 5.40. The predicted molar refractivity (Wildman–Crippen MR) is 177 cm³/mol. The van der Waals surface area contributed by atoms with Crippen LogP contribution in [0.4, 0.5) is 5.82 Å². The number of carbonyl (C=O) groups is 1. The lowest BCUT2D eigenvalue weighted by Crippen LogP contribution is -2.33. The summed E-state index contributed by atoms with van der Waals surface area (Å²) in [5.74, 6) is 6.26. The molecule has 6 rings (SSSR count). The van der Waals surface area contributed by atoms with Crippen LogP contribution in [-0.4, -0.2) is 64.4 Å². The third kappa shape index (κ3) is 5.96. The summed E-state index contributed by atoms with van der Waals surface area (Å²) in [4.78, 5) is 39.3. The Morgan fingerprint density at radius 2 is 1.87 bits per heavy atom. The second kappa shape index (κ2) is 13.1. The SMILES string of the molecule is CCN(CC)CCn1cc(C#Cc2cccc3nc(C(C)NC(=O)c4c(N)nn5cccnc45)n(-c4ccccc4)c(=O)c23)cn1. The van der Waals surface area contributed by atoms with Crippen molar-refractivity contribution >= 4 is 28.3 Å². The van der Waals surface area contributed by atoms with E-state index in [4.69, 9.17) is 10.7 Å². The number of anilines is 1. The first kappa shape index (κ1) is 30.2. The smallest absolute Gasteiger partial charge is 0.267 e. The van der Waals surface area contributed by atoms with Crippen LogP contribution >= 0.6 is 0 Å². The second-order valence-corrected chi connectivity index (χ2v) is 10.8. The van der Waals surface area contributed by atoms with Gasteiger partial charge in [0.25, 0.3) is 11.5 Å². The summed E-state index contributed by atoms with van der Waals surface area (Å²) < 4.78 is 4.85. The van der Waals surface area contributed by atoms with E-state index in [0.717, 1.165) is 31.7 Å². The Morgan fingerprint density at radius 3 is 2.65 bits per heavy atom. The van der Waals surface area contributed by atoms with E-state index < -0.39 is 11.9 Å². The lowest BCUT2D eigenvalue weighted by atomic mass is 10.1. The molecule has 12 nitrogen and oxygen atoms in total. The van der Waals surface area contributed by atoms with E-state index in [1.165, 1.54) is 9.08 Å². The minimum atomic E-state index is -0.695. The van der Waals surface area contributed by atoms with Crippen LogP contribution in [0.1, 0.15) is 54.1 Å². The van der Waals surface area contributed by atoms with E-state index in [9.17, 15) is 9.59 Å². The van der Waals surface area contributed by atoms with E-state index in [1.54, 1.807) is 37.6 Å². The first-order valence-electron chi connectivity index (χ1n) is 15.2. The number of likely N-dealkylation sites (N-methyl/N-ethyl adjacent to an activating group) is 1. The number of para-hydroxylation sites is 1. The van der Waals surface area contributed by atoms with Crippen molar-refractivity contribution in [2.75, 3.05) is 25.4 Å². The Labute approximate surface area is 265 Å². The average molecular weight is 615 g/mol. The molecule has 12 heteroatoms. The van der Waals surface area contributed by atoms with Gasteiger partial charge < -0.3 is 16.0 Å². The molecule has 0 aliphatic carbocycles. The van der Waals surface area contributed by atoms with Crippen LogP contribution in [0.5, 0.6) is 0 Å². The summed E-state index contributed by atoms with van der Waals surface area (Å²) in [7, 11) is 0. The summed E-state index contributed by atoms with van der Waals surface area (Å²) in [5, 5.41) is 12.0. The Kier molecular flexibility index (Phi) is 8.58. The van der Waals surface area contributed by atoms with Crippen molar-refractivity contribution in [3.63, 3.8) is 0 Å². The molecule has 3 N–H and O–H groups in total. The highest BCUT2D eigenvalue weighted by atomic mass is 16.2. The van der Waals surface area contributed by atoms with E-state index in [-0.39, 0.29) is 16.9 Å². The van der Waals surface area contributed by atoms with E-state index in [2.05, 4.69) is 51.1 Å². The molecule has 4 aromatic heterocycles. The van der Waals surface area contributed by atoms with Crippen molar-refractivity contribution in [2.45, 2.75) is 33.4 Å². The lowest BCUT2D eigenvalue weighted by Gasteiger charge is -2.20. The van der Waals surface area contributed by atoms with Crippen molar-refractivity contribution in [1.29, 1.82) is 0 Å². The number of hydrogen-bond donors (Lipinski definition) is 2. The number of nitrogens with one attached hydrogen (secondary N) is 1. The topological polar surface area (TPSA) is 141 Å². The number of aromatic nitrogens is 7. The Hall–Kier alpha value is -5.80. The van der Waals surface area contributed by atoms with Gasteiger partial charge >= 0.3 is 0 Å². The monoisotopic (exact) mass is 614 g/mol. The minimum absolute atomic E-state index is 0.0490. The zero-order valence-electron chi connectivity index (χ0n) is 25.9. The number of benzene rings is 2. The number of hydrogen-bond acceptors (Lipinski definition) is 8. The molecular formula is C34H34N10O2. The van der Waals surface area contributed by atoms with Crippen LogP contribution in [0.25, 0.3) is 22.2 Å². The number of amides is 1. The maximum absolute atomic E-state index is 14.3. The lowest BCUT2D eigenvalue weighted by molar-refractivity contribution is 0.0940. The van der Waals surface area contributed by atoms with Crippen LogP contribution in [0.15, 0.2) is 84.2 Å². The van der Waals surface area contributed by atoms with Gasteiger partial charge in [-0.15, -0.1) is 5.10 Å². The van der Waals surface area contributed by atoms with Crippen LogP contribution in [0.3, 0.4) is 0 Å². The van der Waals surface area contributed by atoms with Gasteiger partial charge in [-0.05, 0) is 50.3 Å².